The van der Waals surface area contributed by atoms with Gasteiger partial charge in [0.1, 0.15) is 0 Å². The lowest BCUT2D eigenvalue weighted by molar-refractivity contribution is -0.126. The van der Waals surface area contributed by atoms with Crippen molar-refractivity contribution in [3.8, 4) is 0 Å². The van der Waals surface area contributed by atoms with Gasteiger partial charge in [0, 0.05) is 23.6 Å². The molecule has 1 amide bonds. The van der Waals surface area contributed by atoms with Crippen LogP contribution in [0.4, 0.5) is 0 Å². The average molecular weight is 250 g/mol. The smallest absolute Gasteiger partial charge is 0.253 e. The molecule has 3 unspecified atom stereocenters. The third-order valence-electron chi connectivity index (χ3n) is 3.77. The molecule has 3 aliphatic rings. The van der Waals surface area contributed by atoms with Crippen LogP contribution in [-0.2, 0) is 9.59 Å². The van der Waals surface area contributed by atoms with E-state index in [-0.39, 0.29) is 23.3 Å². The highest BCUT2D eigenvalue weighted by atomic mass is 32.2. The van der Waals surface area contributed by atoms with E-state index in [1.807, 2.05) is 16.5 Å². The van der Waals surface area contributed by atoms with Crippen molar-refractivity contribution in [3.05, 3.63) is 23.4 Å². The highest BCUT2D eigenvalue weighted by Gasteiger charge is 2.45. The van der Waals surface area contributed by atoms with E-state index in [0.717, 1.165) is 19.3 Å². The molecule has 0 spiro atoms. The van der Waals surface area contributed by atoms with Gasteiger partial charge in [0.2, 0.25) is 0 Å². The van der Waals surface area contributed by atoms with E-state index in [9.17, 15) is 9.59 Å². The van der Waals surface area contributed by atoms with Gasteiger partial charge in [-0.15, -0.1) is 11.8 Å². The van der Waals surface area contributed by atoms with E-state index in [4.69, 9.17) is 5.73 Å². The molecule has 0 aromatic rings. The van der Waals surface area contributed by atoms with Gasteiger partial charge in [0.05, 0.1) is 11.6 Å². The first kappa shape index (κ1) is 10.9. The Kier molecular flexibility index (Phi) is 2.50. The molecular formula is C12H14N2O2S. The Bertz CT molecular complexity index is 444. The summed E-state index contributed by atoms with van der Waals surface area (Å²) >= 11 is 1.80. The molecule has 2 heterocycles. The first-order valence-electron chi connectivity index (χ1n) is 5.84. The molecule has 2 aliphatic heterocycles. The predicted octanol–water partition coefficient (Wildman–Crippen LogP) is 0.996. The van der Waals surface area contributed by atoms with Crippen LogP contribution in [0.1, 0.15) is 19.3 Å². The number of rotatable bonds is 1. The predicted molar refractivity (Wildman–Crippen MR) is 65.8 cm³/mol. The molecule has 3 rings (SSSR count). The van der Waals surface area contributed by atoms with Gasteiger partial charge in [-0.2, -0.15) is 0 Å². The fourth-order valence-electron chi connectivity index (χ4n) is 3.01. The molecule has 2 N–H and O–H groups in total. The number of carbonyl (C=O) groups is 2. The van der Waals surface area contributed by atoms with Crippen molar-refractivity contribution >= 4 is 23.5 Å². The number of hydrogen-bond acceptors (Lipinski definition) is 4. The molecule has 0 aromatic carbocycles. The van der Waals surface area contributed by atoms with Crippen molar-refractivity contribution in [2.24, 2.45) is 11.7 Å². The minimum atomic E-state index is -0.609. The van der Waals surface area contributed by atoms with Crippen molar-refractivity contribution in [1.29, 1.82) is 0 Å². The zero-order valence-corrected chi connectivity index (χ0v) is 10.2. The van der Waals surface area contributed by atoms with Crippen LogP contribution in [0.2, 0.25) is 0 Å². The maximum atomic E-state index is 12.2. The lowest BCUT2D eigenvalue weighted by atomic mass is 9.76. The number of amides is 1. The van der Waals surface area contributed by atoms with E-state index in [0.29, 0.717) is 5.25 Å². The largest absolute Gasteiger partial charge is 0.365 e. The number of primary amides is 1. The minimum absolute atomic E-state index is 0.0562. The van der Waals surface area contributed by atoms with Gasteiger partial charge in [-0.05, 0) is 18.2 Å². The van der Waals surface area contributed by atoms with Crippen molar-refractivity contribution in [2.75, 3.05) is 0 Å². The summed E-state index contributed by atoms with van der Waals surface area (Å²) in [6, 6.07) is 0.217. The summed E-state index contributed by atoms with van der Waals surface area (Å²) in [5.74, 6) is -0.722. The molecule has 0 saturated heterocycles. The molecule has 5 heteroatoms. The van der Waals surface area contributed by atoms with Crippen LogP contribution in [0.15, 0.2) is 23.4 Å². The molecule has 0 bridgehead atoms. The van der Waals surface area contributed by atoms with E-state index in [1.165, 1.54) is 0 Å². The lowest BCUT2D eigenvalue weighted by Gasteiger charge is -2.46. The number of ketones is 1. The van der Waals surface area contributed by atoms with Crippen molar-refractivity contribution in [1.82, 2.24) is 4.90 Å². The maximum absolute atomic E-state index is 12.2. The number of hydrogen-bond donors (Lipinski definition) is 1. The number of thioether (sulfide) groups is 1. The van der Waals surface area contributed by atoms with Gasteiger partial charge in [-0.1, -0.05) is 6.42 Å². The number of nitrogens with two attached hydrogens (primary N) is 1. The Balaban J connectivity index is 2.05. The second-order valence-electron chi connectivity index (χ2n) is 4.71. The number of Topliss-reactive ketones (excluding diaryl/α,β-unsaturated/α-hetero) is 1. The standard InChI is InChI=1S/C12H14N2O2S/c13-12(16)8-6-14-4-5-17-9-3-1-2-7(10(9)14)11(8)15/h4-7,9-10H,1-3H2,(H2,13,16). The molecule has 0 aromatic heterocycles. The molecule has 0 radical (unpaired) electrons. The Morgan fingerprint density at radius 1 is 1.47 bits per heavy atom. The summed E-state index contributed by atoms with van der Waals surface area (Å²) in [6.07, 6.45) is 6.63. The first-order chi connectivity index (χ1) is 8.18. The fraction of sp³-hybridized carbons (Fsp3) is 0.500. The molecule has 4 nitrogen and oxygen atoms in total. The van der Waals surface area contributed by atoms with Crippen molar-refractivity contribution in [3.63, 3.8) is 0 Å². The lowest BCUT2D eigenvalue weighted by Crippen LogP contribution is -2.53. The normalized spacial score (nSPS) is 35.3. The van der Waals surface area contributed by atoms with Crippen LogP contribution in [0.5, 0.6) is 0 Å². The van der Waals surface area contributed by atoms with Gasteiger partial charge >= 0.3 is 0 Å². The van der Waals surface area contributed by atoms with Gasteiger partial charge in [-0.3, -0.25) is 9.59 Å². The summed E-state index contributed by atoms with van der Waals surface area (Å²) in [7, 11) is 0. The zero-order chi connectivity index (χ0) is 12.0. The minimum Gasteiger partial charge on any atom is -0.365 e. The molecule has 17 heavy (non-hydrogen) atoms. The molecule has 1 aliphatic carbocycles. The second kappa shape index (κ2) is 3.91. The molecule has 3 atom stereocenters. The number of carbonyl (C=O) groups excluding carboxylic acids is 2. The van der Waals surface area contributed by atoms with Gasteiger partial charge < -0.3 is 10.6 Å². The van der Waals surface area contributed by atoms with Crippen LogP contribution in [0, 0.1) is 5.92 Å². The highest BCUT2D eigenvalue weighted by Crippen LogP contribution is 2.42. The molecule has 90 valence electrons. The maximum Gasteiger partial charge on any atom is 0.253 e. The van der Waals surface area contributed by atoms with Gasteiger partial charge in [0.25, 0.3) is 5.91 Å². The molecule has 1 saturated carbocycles. The van der Waals surface area contributed by atoms with Crippen molar-refractivity contribution < 1.29 is 9.59 Å². The zero-order valence-electron chi connectivity index (χ0n) is 9.33. The quantitative estimate of drug-likeness (QED) is 0.705. The SMILES string of the molecule is NC(=O)C1=CN2C=CSC3CCCC(C1=O)C32. The summed E-state index contributed by atoms with van der Waals surface area (Å²) < 4.78 is 0. The van der Waals surface area contributed by atoms with Crippen LogP contribution < -0.4 is 5.73 Å². The van der Waals surface area contributed by atoms with E-state index < -0.39 is 5.91 Å². The first-order valence-corrected chi connectivity index (χ1v) is 6.78. The Morgan fingerprint density at radius 3 is 3.06 bits per heavy atom. The molecule has 1 fully saturated rings. The summed E-state index contributed by atoms with van der Waals surface area (Å²) in [5, 5.41) is 2.50. The van der Waals surface area contributed by atoms with E-state index in [2.05, 4.69) is 0 Å². The summed E-state index contributed by atoms with van der Waals surface area (Å²) in [6.45, 7) is 0. The van der Waals surface area contributed by atoms with Crippen molar-refractivity contribution in [2.45, 2.75) is 30.6 Å². The van der Waals surface area contributed by atoms with Gasteiger partial charge in [0.15, 0.2) is 5.78 Å². The Labute approximate surface area is 104 Å². The van der Waals surface area contributed by atoms with E-state index in [1.54, 1.807) is 18.0 Å². The Morgan fingerprint density at radius 2 is 2.29 bits per heavy atom. The highest BCUT2D eigenvalue weighted by molar-refractivity contribution is 8.02. The topological polar surface area (TPSA) is 63.4 Å². The third kappa shape index (κ3) is 1.60. The van der Waals surface area contributed by atoms with Gasteiger partial charge in [-0.25, -0.2) is 0 Å². The molecular weight excluding hydrogens is 236 g/mol. The Hall–Kier alpha value is -1.23. The average Bonchev–Trinajstić information content (AvgIpc) is 2.33. The number of nitrogens with zero attached hydrogens (tertiary/aromatic N) is 1. The van der Waals surface area contributed by atoms with Crippen LogP contribution in [0.3, 0.4) is 0 Å². The monoisotopic (exact) mass is 250 g/mol. The third-order valence-corrected chi connectivity index (χ3v) is 4.92. The summed E-state index contributed by atoms with van der Waals surface area (Å²) in [5.41, 5.74) is 5.42. The fourth-order valence-corrected chi connectivity index (χ4v) is 4.21. The van der Waals surface area contributed by atoms with Crippen LogP contribution >= 0.6 is 11.8 Å². The van der Waals surface area contributed by atoms with E-state index >= 15 is 0 Å². The van der Waals surface area contributed by atoms with Crippen LogP contribution in [-0.4, -0.2) is 27.9 Å². The van der Waals surface area contributed by atoms with Crippen LogP contribution in [0.25, 0.3) is 0 Å². The summed E-state index contributed by atoms with van der Waals surface area (Å²) in [4.78, 5) is 25.5. The second-order valence-corrected chi connectivity index (χ2v) is 5.86.